The molecule has 2 heterocycles. The quantitative estimate of drug-likeness (QED) is 0.805. The number of carbonyl (C=O) groups is 2. The third-order valence-corrected chi connectivity index (χ3v) is 6.32. The van der Waals surface area contributed by atoms with Gasteiger partial charge in [-0.3, -0.25) is 9.59 Å². The molecule has 0 aromatic heterocycles. The van der Waals surface area contributed by atoms with Gasteiger partial charge in [-0.1, -0.05) is 38.4 Å². The normalized spacial score (nSPS) is 22.7. The van der Waals surface area contributed by atoms with Crippen molar-refractivity contribution in [1.29, 1.82) is 0 Å². The lowest BCUT2D eigenvalue weighted by Crippen LogP contribution is -2.49. The number of likely N-dealkylation sites (tertiary alicyclic amines) is 1. The van der Waals surface area contributed by atoms with Crippen molar-refractivity contribution in [1.82, 2.24) is 10.2 Å². The molecule has 2 amide bonds. The van der Waals surface area contributed by atoms with Crippen molar-refractivity contribution >= 4 is 29.1 Å². The Labute approximate surface area is 179 Å². The lowest BCUT2D eigenvalue weighted by atomic mass is 9.91. The smallest absolute Gasteiger partial charge is 0.227 e. The summed E-state index contributed by atoms with van der Waals surface area (Å²) in [4.78, 5) is 29.5. The molecule has 2 aliphatic rings. The number of halogens is 1. The van der Waals surface area contributed by atoms with Crippen molar-refractivity contribution in [3.8, 4) is 0 Å². The van der Waals surface area contributed by atoms with E-state index >= 15 is 0 Å². The fourth-order valence-electron chi connectivity index (χ4n) is 4.38. The summed E-state index contributed by atoms with van der Waals surface area (Å²) in [7, 11) is 0. The topological polar surface area (TPSA) is 52.7 Å². The Morgan fingerprint density at radius 3 is 2.66 bits per heavy atom. The summed E-state index contributed by atoms with van der Waals surface area (Å²) in [6.07, 6.45) is 2.81. The molecule has 2 unspecified atom stereocenters. The second-order valence-electron chi connectivity index (χ2n) is 9.62. The molecule has 2 saturated heterocycles. The summed E-state index contributed by atoms with van der Waals surface area (Å²) >= 11 is 6.17. The second kappa shape index (κ2) is 8.95. The van der Waals surface area contributed by atoms with Crippen LogP contribution in [-0.2, 0) is 9.59 Å². The van der Waals surface area contributed by atoms with E-state index in [1.807, 2.05) is 37.8 Å². The molecule has 5 nitrogen and oxygen atoms in total. The fraction of sp³-hybridized carbons (Fsp3) is 0.652. The highest BCUT2D eigenvalue weighted by atomic mass is 35.5. The number of anilines is 1. The lowest BCUT2D eigenvalue weighted by Gasteiger charge is -2.36. The van der Waals surface area contributed by atoms with E-state index in [0.29, 0.717) is 19.0 Å². The number of rotatable bonds is 4. The van der Waals surface area contributed by atoms with Gasteiger partial charge < -0.3 is 15.1 Å². The molecule has 0 aliphatic carbocycles. The van der Waals surface area contributed by atoms with E-state index in [0.717, 1.165) is 43.9 Å². The van der Waals surface area contributed by atoms with Crippen LogP contribution in [0, 0.1) is 24.2 Å². The van der Waals surface area contributed by atoms with Crippen molar-refractivity contribution < 1.29 is 9.59 Å². The zero-order valence-corrected chi connectivity index (χ0v) is 18.9. The second-order valence-corrected chi connectivity index (χ2v) is 10.1. The first-order valence-corrected chi connectivity index (χ1v) is 11.1. The number of amides is 2. The molecule has 0 spiro atoms. The average Bonchev–Trinajstić information content (AvgIpc) is 3.15. The van der Waals surface area contributed by atoms with Gasteiger partial charge in [0.1, 0.15) is 0 Å². The summed E-state index contributed by atoms with van der Waals surface area (Å²) in [6.45, 7) is 11.8. The van der Waals surface area contributed by atoms with Gasteiger partial charge in [0.05, 0.1) is 5.92 Å². The van der Waals surface area contributed by atoms with Gasteiger partial charge in [0.25, 0.3) is 0 Å². The molecule has 0 saturated carbocycles. The van der Waals surface area contributed by atoms with Gasteiger partial charge in [-0.25, -0.2) is 0 Å². The Balaban J connectivity index is 1.50. The van der Waals surface area contributed by atoms with E-state index in [2.05, 4.69) is 23.2 Å². The molecule has 2 atom stereocenters. The summed E-state index contributed by atoms with van der Waals surface area (Å²) in [6, 6.07) is 6.01. The van der Waals surface area contributed by atoms with Crippen LogP contribution in [-0.4, -0.2) is 49.4 Å². The highest BCUT2D eigenvalue weighted by Gasteiger charge is 2.33. The Morgan fingerprint density at radius 2 is 1.93 bits per heavy atom. The molecular weight excluding hydrogens is 386 g/mol. The van der Waals surface area contributed by atoms with E-state index in [4.69, 9.17) is 11.6 Å². The summed E-state index contributed by atoms with van der Waals surface area (Å²) < 4.78 is 0. The van der Waals surface area contributed by atoms with Gasteiger partial charge in [-0.15, -0.1) is 0 Å². The number of hydrogen-bond donors (Lipinski definition) is 1. The van der Waals surface area contributed by atoms with Crippen molar-refractivity contribution in [3.63, 3.8) is 0 Å². The van der Waals surface area contributed by atoms with Crippen LogP contribution in [0.3, 0.4) is 0 Å². The Morgan fingerprint density at radius 1 is 1.17 bits per heavy atom. The van der Waals surface area contributed by atoms with Crippen LogP contribution in [0.25, 0.3) is 0 Å². The van der Waals surface area contributed by atoms with E-state index in [1.165, 1.54) is 11.3 Å². The molecule has 1 aromatic carbocycles. The number of benzene rings is 1. The predicted octanol–water partition coefficient (Wildman–Crippen LogP) is 3.88. The molecule has 6 heteroatoms. The highest BCUT2D eigenvalue weighted by molar-refractivity contribution is 6.30. The number of piperidine rings is 1. The Hall–Kier alpha value is -1.75. The van der Waals surface area contributed by atoms with Gasteiger partial charge in [-0.2, -0.15) is 0 Å². The van der Waals surface area contributed by atoms with Crippen molar-refractivity contribution in [3.05, 3.63) is 28.8 Å². The van der Waals surface area contributed by atoms with Gasteiger partial charge in [0, 0.05) is 48.8 Å². The maximum atomic E-state index is 12.7. The summed E-state index contributed by atoms with van der Waals surface area (Å²) in [5, 5.41) is 3.92. The third kappa shape index (κ3) is 5.44. The van der Waals surface area contributed by atoms with Crippen molar-refractivity contribution in [2.45, 2.75) is 47.0 Å². The number of aryl methyl sites for hydroxylation is 1. The number of nitrogens with zero attached hydrogens (tertiary/aromatic N) is 2. The lowest BCUT2D eigenvalue weighted by molar-refractivity contribution is -0.142. The Kier molecular flexibility index (Phi) is 6.77. The van der Waals surface area contributed by atoms with Crippen LogP contribution < -0.4 is 10.2 Å². The zero-order chi connectivity index (χ0) is 21.2. The molecule has 29 heavy (non-hydrogen) atoms. The SMILES string of the molecule is Cc1ccc(Cl)cc1N1CCC(CNC(=O)C2CCCN(C(=O)C(C)(C)C)C2)C1. The van der Waals surface area contributed by atoms with E-state index in [9.17, 15) is 9.59 Å². The van der Waals surface area contributed by atoms with Gasteiger partial charge in [0.15, 0.2) is 0 Å². The first kappa shape index (κ1) is 21.9. The van der Waals surface area contributed by atoms with Crippen LogP contribution >= 0.6 is 11.6 Å². The monoisotopic (exact) mass is 419 g/mol. The standard InChI is InChI=1S/C23H34ClN3O2/c1-16-7-8-19(24)12-20(16)26-11-9-17(14-26)13-25-21(28)18-6-5-10-27(15-18)22(29)23(2,3)4/h7-8,12,17-18H,5-6,9-11,13-15H2,1-4H3,(H,25,28). The maximum absolute atomic E-state index is 12.7. The average molecular weight is 420 g/mol. The van der Waals surface area contributed by atoms with Crippen LogP contribution in [0.15, 0.2) is 18.2 Å². The van der Waals surface area contributed by atoms with Crippen LogP contribution in [0.4, 0.5) is 5.69 Å². The minimum absolute atomic E-state index is 0.0915. The highest BCUT2D eigenvalue weighted by Crippen LogP contribution is 2.29. The number of nitrogens with one attached hydrogen (secondary N) is 1. The van der Waals surface area contributed by atoms with Gasteiger partial charge in [-0.05, 0) is 49.8 Å². The van der Waals surface area contributed by atoms with E-state index in [1.54, 1.807) is 0 Å². The molecule has 1 N–H and O–H groups in total. The largest absolute Gasteiger partial charge is 0.371 e. The zero-order valence-electron chi connectivity index (χ0n) is 18.1. The van der Waals surface area contributed by atoms with Gasteiger partial charge >= 0.3 is 0 Å². The predicted molar refractivity (Wildman–Crippen MR) is 118 cm³/mol. The van der Waals surface area contributed by atoms with Crippen LogP contribution in [0.2, 0.25) is 5.02 Å². The molecule has 0 radical (unpaired) electrons. The molecule has 3 rings (SSSR count). The minimum atomic E-state index is -0.399. The summed E-state index contributed by atoms with van der Waals surface area (Å²) in [5.41, 5.74) is 2.02. The van der Waals surface area contributed by atoms with Crippen molar-refractivity contribution in [2.75, 3.05) is 37.6 Å². The molecule has 1 aromatic rings. The van der Waals surface area contributed by atoms with E-state index in [-0.39, 0.29) is 17.7 Å². The fourth-order valence-corrected chi connectivity index (χ4v) is 4.55. The molecule has 2 aliphatic heterocycles. The summed E-state index contributed by atoms with van der Waals surface area (Å²) in [5.74, 6) is 0.572. The molecule has 160 valence electrons. The Bertz CT molecular complexity index is 759. The number of hydrogen-bond acceptors (Lipinski definition) is 3. The number of carbonyl (C=O) groups excluding carboxylic acids is 2. The first-order chi connectivity index (χ1) is 13.6. The minimum Gasteiger partial charge on any atom is -0.371 e. The first-order valence-electron chi connectivity index (χ1n) is 10.7. The van der Waals surface area contributed by atoms with Gasteiger partial charge in [0.2, 0.25) is 11.8 Å². The van der Waals surface area contributed by atoms with Crippen molar-refractivity contribution in [2.24, 2.45) is 17.3 Å². The molecule has 0 bridgehead atoms. The van der Waals surface area contributed by atoms with Crippen LogP contribution in [0.1, 0.15) is 45.6 Å². The molecular formula is C23H34ClN3O2. The maximum Gasteiger partial charge on any atom is 0.227 e. The third-order valence-electron chi connectivity index (χ3n) is 6.08. The molecule has 2 fully saturated rings. The van der Waals surface area contributed by atoms with Crippen LogP contribution in [0.5, 0.6) is 0 Å². The van der Waals surface area contributed by atoms with E-state index < -0.39 is 5.41 Å².